The van der Waals surface area contributed by atoms with E-state index in [2.05, 4.69) is 15.1 Å². The van der Waals surface area contributed by atoms with Gasteiger partial charge in [-0.05, 0) is 13.1 Å². The van der Waals surface area contributed by atoms with E-state index in [-0.39, 0.29) is 4.90 Å². The van der Waals surface area contributed by atoms with E-state index in [4.69, 9.17) is 5.84 Å². The smallest absolute Gasteiger partial charge is 0.243 e. The summed E-state index contributed by atoms with van der Waals surface area (Å²) >= 11 is 0. The predicted molar refractivity (Wildman–Crippen MR) is 48.3 cm³/mol. The second-order valence-electron chi connectivity index (χ2n) is 2.22. The second-order valence-corrected chi connectivity index (χ2v) is 4.08. The minimum absolute atomic E-state index is 0.0278. The molecule has 0 spiro atoms. The molecule has 7 heteroatoms. The van der Waals surface area contributed by atoms with E-state index in [0.29, 0.717) is 5.69 Å². The molecule has 72 valence electrons. The van der Waals surface area contributed by atoms with Gasteiger partial charge in [0.25, 0.3) is 0 Å². The van der Waals surface area contributed by atoms with Crippen molar-refractivity contribution in [3.63, 3.8) is 0 Å². The molecule has 1 rings (SSSR count). The molecule has 6 nitrogen and oxygen atoms in total. The molecule has 0 aliphatic carbocycles. The summed E-state index contributed by atoms with van der Waals surface area (Å²) in [6.07, 6.45) is 2.67. The van der Waals surface area contributed by atoms with Gasteiger partial charge in [-0.3, -0.25) is 10.8 Å². The van der Waals surface area contributed by atoms with Crippen molar-refractivity contribution in [2.75, 3.05) is 12.5 Å². The van der Waals surface area contributed by atoms with E-state index in [1.165, 1.54) is 25.5 Å². The minimum atomic E-state index is -3.50. The third-order valence-electron chi connectivity index (χ3n) is 1.50. The molecule has 0 aromatic carbocycles. The van der Waals surface area contributed by atoms with E-state index in [0.717, 1.165) is 0 Å². The summed E-state index contributed by atoms with van der Waals surface area (Å²) < 4.78 is 24.8. The number of nitrogens with one attached hydrogen (secondary N) is 2. The summed E-state index contributed by atoms with van der Waals surface area (Å²) in [5, 5.41) is 0. The van der Waals surface area contributed by atoms with Gasteiger partial charge in [0.05, 0.1) is 5.69 Å². The lowest BCUT2D eigenvalue weighted by atomic mass is 10.4. The van der Waals surface area contributed by atoms with Gasteiger partial charge in [-0.15, -0.1) is 0 Å². The molecule has 0 unspecified atom stereocenters. The van der Waals surface area contributed by atoms with Crippen LogP contribution in [0, 0.1) is 0 Å². The lowest BCUT2D eigenvalue weighted by molar-refractivity contribution is 0.588. The molecule has 0 bridgehead atoms. The van der Waals surface area contributed by atoms with Gasteiger partial charge in [0, 0.05) is 12.4 Å². The van der Waals surface area contributed by atoms with Crippen molar-refractivity contribution >= 4 is 15.7 Å². The van der Waals surface area contributed by atoms with Crippen molar-refractivity contribution in [1.82, 2.24) is 9.71 Å². The minimum Gasteiger partial charge on any atom is -0.323 e. The van der Waals surface area contributed by atoms with Crippen molar-refractivity contribution in [2.24, 2.45) is 5.84 Å². The first-order valence-electron chi connectivity index (χ1n) is 3.46. The maximum absolute atomic E-state index is 11.3. The predicted octanol–water partition coefficient (Wildman–Crippen LogP) is -0.725. The van der Waals surface area contributed by atoms with Gasteiger partial charge in [-0.1, -0.05) is 0 Å². The van der Waals surface area contributed by atoms with Gasteiger partial charge >= 0.3 is 0 Å². The third-order valence-corrected chi connectivity index (χ3v) is 2.94. The molecule has 1 aromatic heterocycles. The molecule has 0 radical (unpaired) electrons. The standard InChI is InChI=1S/C6H10N4O2S/c1-8-13(11,12)6-4-9-3-2-5(6)10-7/h2-4,8H,7H2,1H3,(H,9,10). The summed E-state index contributed by atoms with van der Waals surface area (Å²) in [4.78, 5) is 3.72. The average Bonchev–Trinajstić information content (AvgIpc) is 2.18. The lowest BCUT2D eigenvalue weighted by Gasteiger charge is -2.06. The van der Waals surface area contributed by atoms with Crippen molar-refractivity contribution in [1.29, 1.82) is 0 Å². The Morgan fingerprint density at radius 1 is 1.54 bits per heavy atom. The van der Waals surface area contributed by atoms with Crippen LogP contribution in [-0.2, 0) is 10.0 Å². The summed E-state index contributed by atoms with van der Waals surface area (Å²) in [5.74, 6) is 5.13. The van der Waals surface area contributed by atoms with Crippen molar-refractivity contribution in [3.8, 4) is 0 Å². The molecule has 13 heavy (non-hydrogen) atoms. The summed E-state index contributed by atoms with van der Waals surface area (Å²) in [5.41, 5.74) is 2.59. The monoisotopic (exact) mass is 202 g/mol. The number of nitrogen functional groups attached to an aromatic ring is 1. The molecule has 4 N–H and O–H groups in total. The Balaban J connectivity index is 3.29. The first-order chi connectivity index (χ1) is 6.11. The first kappa shape index (κ1) is 9.90. The van der Waals surface area contributed by atoms with Crippen molar-refractivity contribution in [2.45, 2.75) is 4.90 Å². The molecule has 0 fully saturated rings. The Morgan fingerprint density at radius 3 is 2.77 bits per heavy atom. The van der Waals surface area contributed by atoms with Crippen LogP contribution in [0.2, 0.25) is 0 Å². The van der Waals surface area contributed by atoms with Gasteiger partial charge in [0.2, 0.25) is 10.0 Å². The number of nitrogens with two attached hydrogens (primary N) is 1. The molecule has 0 aliphatic heterocycles. The van der Waals surface area contributed by atoms with E-state index in [9.17, 15) is 8.42 Å². The zero-order valence-corrected chi connectivity index (χ0v) is 7.80. The second kappa shape index (κ2) is 3.69. The number of pyridine rings is 1. The highest BCUT2D eigenvalue weighted by molar-refractivity contribution is 7.89. The van der Waals surface area contributed by atoms with Crippen molar-refractivity contribution < 1.29 is 8.42 Å². The quantitative estimate of drug-likeness (QED) is 0.443. The molecule has 1 aromatic rings. The number of anilines is 1. The zero-order valence-electron chi connectivity index (χ0n) is 6.98. The van der Waals surface area contributed by atoms with Gasteiger partial charge in [0.15, 0.2) is 0 Å². The SMILES string of the molecule is CNS(=O)(=O)c1cnccc1NN. The Labute approximate surface area is 76.2 Å². The first-order valence-corrected chi connectivity index (χ1v) is 4.94. The van der Waals surface area contributed by atoms with Crippen LogP contribution < -0.4 is 16.0 Å². The van der Waals surface area contributed by atoms with Crippen LogP contribution in [0.3, 0.4) is 0 Å². The van der Waals surface area contributed by atoms with Gasteiger partial charge < -0.3 is 5.43 Å². The number of sulfonamides is 1. The largest absolute Gasteiger partial charge is 0.323 e. The Kier molecular flexibility index (Phi) is 2.81. The summed E-state index contributed by atoms with van der Waals surface area (Å²) in [6, 6.07) is 1.48. The van der Waals surface area contributed by atoms with Crippen LogP contribution in [0.5, 0.6) is 0 Å². The molecule has 0 amide bonds. The van der Waals surface area contributed by atoms with E-state index in [1.807, 2.05) is 0 Å². The van der Waals surface area contributed by atoms with E-state index >= 15 is 0 Å². The summed E-state index contributed by atoms with van der Waals surface area (Å²) in [7, 11) is -2.17. The Bertz CT molecular complexity index is 389. The van der Waals surface area contributed by atoms with Gasteiger partial charge in [-0.25, -0.2) is 13.1 Å². The van der Waals surface area contributed by atoms with Crippen LogP contribution in [-0.4, -0.2) is 20.4 Å². The van der Waals surface area contributed by atoms with Crippen LogP contribution in [0.15, 0.2) is 23.4 Å². The number of aromatic nitrogens is 1. The van der Waals surface area contributed by atoms with Crippen LogP contribution in [0.25, 0.3) is 0 Å². The maximum atomic E-state index is 11.3. The lowest BCUT2D eigenvalue weighted by Crippen LogP contribution is -2.21. The highest BCUT2D eigenvalue weighted by Gasteiger charge is 2.15. The molecule has 0 saturated carbocycles. The molecule has 0 atom stereocenters. The zero-order chi connectivity index (χ0) is 9.90. The van der Waals surface area contributed by atoms with Crippen LogP contribution in [0.4, 0.5) is 5.69 Å². The highest BCUT2D eigenvalue weighted by Crippen LogP contribution is 2.17. The fraction of sp³-hybridized carbons (Fsp3) is 0.167. The highest BCUT2D eigenvalue weighted by atomic mass is 32.2. The topological polar surface area (TPSA) is 97.1 Å². The van der Waals surface area contributed by atoms with E-state index < -0.39 is 10.0 Å². The van der Waals surface area contributed by atoms with Crippen LogP contribution >= 0.6 is 0 Å². The number of hydrazine groups is 1. The molecule has 0 saturated heterocycles. The molecular formula is C6H10N4O2S. The van der Waals surface area contributed by atoms with E-state index in [1.54, 1.807) is 0 Å². The number of hydrogen-bond acceptors (Lipinski definition) is 5. The number of rotatable bonds is 3. The number of nitrogens with zero attached hydrogens (tertiary/aromatic N) is 1. The molecule has 0 aliphatic rings. The normalized spacial score (nSPS) is 11.2. The van der Waals surface area contributed by atoms with Gasteiger partial charge in [0.1, 0.15) is 4.90 Å². The maximum Gasteiger partial charge on any atom is 0.243 e. The Hall–Kier alpha value is -1.18. The van der Waals surface area contributed by atoms with Crippen LogP contribution in [0.1, 0.15) is 0 Å². The van der Waals surface area contributed by atoms with Gasteiger partial charge in [-0.2, -0.15) is 0 Å². The summed E-state index contributed by atoms with van der Waals surface area (Å²) in [6.45, 7) is 0. The third kappa shape index (κ3) is 1.94. The Morgan fingerprint density at radius 2 is 2.23 bits per heavy atom. The molecule has 1 heterocycles. The average molecular weight is 202 g/mol. The molecular weight excluding hydrogens is 192 g/mol. The fourth-order valence-electron chi connectivity index (χ4n) is 0.823. The van der Waals surface area contributed by atoms with Crippen molar-refractivity contribution in [3.05, 3.63) is 18.5 Å². The fourth-order valence-corrected chi connectivity index (χ4v) is 1.66. The number of hydrogen-bond donors (Lipinski definition) is 3.